The number of nitrogens with zero attached hydrogens (tertiary/aromatic N) is 6. The summed E-state index contributed by atoms with van der Waals surface area (Å²) in [4.78, 5) is 42.1. The standard InChI is InChI=1S/C16H15F2N3OS.C10H11BF2N2O2.C5H5BrN2OS/c1-9(22)4-11-8-23-15(20-11)10-2-3-14(19-5-10)21-6-12-13(7-21)16(12,17)18;12-10(13)7-4-15(5-8(7)10)9-2-1-6(3-14-9)11(16)17;1-3(9)7-4-2-10-5(6)8-4/h2-3,5,8,12-13H,4,6-7H2,1H3;1-3,7-8,16-17H,4-5H2;2H,1H3,(H,7,9). The number of hydrogen-bond acceptors (Lipinski definition) is 12. The van der Waals surface area contributed by atoms with Gasteiger partial charge in [-0.2, -0.15) is 0 Å². The molecule has 4 unspecified atom stereocenters. The maximum Gasteiger partial charge on any atom is 0.490 e. The van der Waals surface area contributed by atoms with Crippen LogP contribution >= 0.6 is 38.6 Å². The molecule has 1 amide bonds. The molecule has 6 heterocycles. The summed E-state index contributed by atoms with van der Waals surface area (Å²) in [6.45, 7) is 4.40. The SMILES string of the molecule is CC(=O)Cc1csc(-c2ccc(N3CC4C(C3)C4(F)F)nc2)n1.CC(=O)Nc1csc(Br)n1.OB(O)c1ccc(N2CC3C(C2)C3(F)F)nc1. The van der Waals surface area contributed by atoms with Crippen LogP contribution in [-0.4, -0.2) is 86.8 Å². The zero-order chi connectivity index (χ0) is 36.0. The minimum absolute atomic E-state index is 0.0831. The van der Waals surface area contributed by atoms with Crippen LogP contribution < -0.4 is 20.6 Å². The molecule has 0 radical (unpaired) electrons. The Morgan fingerprint density at radius 2 is 1.44 bits per heavy atom. The first-order valence-electron chi connectivity index (χ1n) is 15.5. The van der Waals surface area contributed by atoms with Crippen LogP contribution in [0.1, 0.15) is 19.5 Å². The van der Waals surface area contributed by atoms with Crippen LogP contribution in [0.3, 0.4) is 0 Å². The van der Waals surface area contributed by atoms with Gasteiger partial charge in [-0.05, 0) is 41.1 Å². The lowest BCUT2D eigenvalue weighted by molar-refractivity contribution is -0.116. The number of carbonyl (C=O) groups is 2. The van der Waals surface area contributed by atoms with E-state index in [4.69, 9.17) is 10.0 Å². The van der Waals surface area contributed by atoms with Crippen molar-refractivity contribution in [2.75, 3.05) is 41.3 Å². The Balaban J connectivity index is 0.000000141. The fourth-order valence-corrected chi connectivity index (χ4v) is 7.85. The number of thiazole rings is 2. The number of halogens is 5. The van der Waals surface area contributed by atoms with Crippen molar-refractivity contribution in [1.82, 2.24) is 19.9 Å². The van der Waals surface area contributed by atoms with Crippen LogP contribution in [0.15, 0.2) is 51.3 Å². The van der Waals surface area contributed by atoms with Gasteiger partial charge in [0.25, 0.3) is 11.8 Å². The Labute approximate surface area is 301 Å². The minimum Gasteiger partial charge on any atom is -0.423 e. The highest BCUT2D eigenvalue weighted by Crippen LogP contribution is 2.60. The van der Waals surface area contributed by atoms with Crippen molar-refractivity contribution in [3.8, 4) is 10.6 Å². The van der Waals surface area contributed by atoms with Crippen molar-refractivity contribution in [1.29, 1.82) is 0 Å². The van der Waals surface area contributed by atoms with Crippen molar-refractivity contribution in [3.63, 3.8) is 0 Å². The topological polar surface area (TPSA) is 145 Å². The van der Waals surface area contributed by atoms with Gasteiger partial charge in [-0.25, -0.2) is 37.5 Å². The largest absolute Gasteiger partial charge is 0.490 e. The number of aromatic nitrogens is 4. The number of anilines is 3. The molecule has 0 aromatic carbocycles. The van der Waals surface area contributed by atoms with E-state index in [0.29, 0.717) is 49.7 Å². The summed E-state index contributed by atoms with van der Waals surface area (Å²) in [5, 5.41) is 24.8. The predicted molar refractivity (Wildman–Crippen MR) is 186 cm³/mol. The van der Waals surface area contributed by atoms with Crippen LogP contribution in [0.5, 0.6) is 0 Å². The molecule has 0 bridgehead atoms. The minimum atomic E-state index is -2.49. The number of pyridine rings is 2. The maximum atomic E-state index is 13.2. The number of alkyl halides is 4. The number of nitrogens with one attached hydrogen (secondary N) is 1. The molecule has 2 aliphatic carbocycles. The lowest BCUT2D eigenvalue weighted by Crippen LogP contribution is -2.32. The van der Waals surface area contributed by atoms with Crippen molar-refractivity contribution in [2.45, 2.75) is 32.1 Å². The zero-order valence-electron chi connectivity index (χ0n) is 26.6. The van der Waals surface area contributed by atoms with E-state index in [2.05, 4.69) is 41.2 Å². The van der Waals surface area contributed by atoms with Gasteiger partial charge in [-0.15, -0.1) is 22.7 Å². The van der Waals surface area contributed by atoms with Crippen LogP contribution in [0.4, 0.5) is 35.0 Å². The molecule has 2 aliphatic heterocycles. The Bertz CT molecular complexity index is 1820. The normalized spacial score (nSPS) is 23.1. The van der Waals surface area contributed by atoms with Gasteiger partial charge < -0.3 is 25.2 Å². The quantitative estimate of drug-likeness (QED) is 0.182. The van der Waals surface area contributed by atoms with Gasteiger partial charge in [0.2, 0.25) is 5.91 Å². The van der Waals surface area contributed by atoms with Crippen LogP contribution in [-0.2, 0) is 16.0 Å². The molecule has 50 heavy (non-hydrogen) atoms. The second-order valence-corrected chi connectivity index (χ2v) is 15.5. The van der Waals surface area contributed by atoms with Crippen molar-refractivity contribution in [2.24, 2.45) is 23.7 Å². The Morgan fingerprint density at radius 1 is 0.880 bits per heavy atom. The van der Waals surface area contributed by atoms with Gasteiger partial charge in [0.15, 0.2) is 3.92 Å². The molecule has 19 heteroatoms. The van der Waals surface area contributed by atoms with E-state index in [9.17, 15) is 27.2 Å². The summed E-state index contributed by atoms with van der Waals surface area (Å²) in [5.41, 5.74) is 1.94. The number of amides is 1. The molecule has 264 valence electrons. The van der Waals surface area contributed by atoms with Crippen LogP contribution in [0, 0.1) is 23.7 Å². The molecule has 4 aromatic rings. The lowest BCUT2D eigenvalue weighted by atomic mass is 9.82. The molecule has 4 aromatic heterocycles. The summed E-state index contributed by atoms with van der Waals surface area (Å²) >= 11 is 6.09. The third kappa shape index (κ3) is 8.01. The first kappa shape index (κ1) is 36.3. The molecular formula is C31H31BBrF4N7O4S2. The predicted octanol–water partition coefficient (Wildman–Crippen LogP) is 4.36. The third-order valence-electron chi connectivity index (χ3n) is 8.87. The highest BCUT2D eigenvalue weighted by atomic mass is 79.9. The number of rotatable bonds is 7. The molecule has 0 spiro atoms. The van der Waals surface area contributed by atoms with Crippen molar-refractivity contribution in [3.05, 3.63) is 57.0 Å². The number of Topliss-reactive ketones (excluding diaryl/α,β-unsaturated/α-hetero) is 1. The molecule has 3 N–H and O–H groups in total. The molecule has 2 saturated heterocycles. The Morgan fingerprint density at radius 3 is 1.86 bits per heavy atom. The van der Waals surface area contributed by atoms with Crippen LogP contribution in [0.25, 0.3) is 10.6 Å². The number of fused-ring (bicyclic) bond motifs is 2. The molecule has 8 rings (SSSR count). The van der Waals surface area contributed by atoms with Gasteiger partial charge >= 0.3 is 7.12 Å². The Kier molecular flexibility index (Phi) is 10.3. The molecule has 4 atom stereocenters. The van der Waals surface area contributed by atoms with Gasteiger partial charge in [-0.3, -0.25) is 9.59 Å². The van der Waals surface area contributed by atoms with E-state index in [0.717, 1.165) is 26.0 Å². The molecule has 11 nitrogen and oxygen atoms in total. The van der Waals surface area contributed by atoms with E-state index in [1.165, 1.54) is 41.9 Å². The zero-order valence-corrected chi connectivity index (χ0v) is 29.9. The van der Waals surface area contributed by atoms with Crippen molar-refractivity contribution >= 4 is 80.3 Å². The first-order chi connectivity index (χ1) is 23.6. The summed E-state index contributed by atoms with van der Waals surface area (Å²) in [5.74, 6) is -5.10. The van der Waals surface area contributed by atoms with E-state index in [-0.39, 0.29) is 11.7 Å². The maximum absolute atomic E-state index is 13.2. The Hall–Kier alpha value is -3.52. The van der Waals surface area contributed by atoms with E-state index >= 15 is 0 Å². The highest BCUT2D eigenvalue weighted by molar-refractivity contribution is 9.11. The van der Waals surface area contributed by atoms with E-state index < -0.39 is 42.6 Å². The summed E-state index contributed by atoms with van der Waals surface area (Å²) < 4.78 is 53.2. The van der Waals surface area contributed by atoms with Crippen LogP contribution in [0.2, 0.25) is 0 Å². The average Bonchev–Trinajstić information content (AvgIpc) is 3.62. The van der Waals surface area contributed by atoms with E-state index in [1.807, 2.05) is 22.4 Å². The van der Waals surface area contributed by atoms with Gasteiger partial charge in [-0.1, -0.05) is 6.07 Å². The number of ketones is 1. The average molecular weight is 796 g/mol. The summed E-state index contributed by atoms with van der Waals surface area (Å²) in [6, 6.07) is 6.91. The first-order valence-corrected chi connectivity index (χ1v) is 18.0. The highest BCUT2D eigenvalue weighted by Gasteiger charge is 2.72. The fourth-order valence-electron chi connectivity index (χ4n) is 6.09. The third-order valence-corrected chi connectivity index (χ3v) is 11.2. The lowest BCUT2D eigenvalue weighted by Gasteiger charge is -2.20. The number of carbonyl (C=O) groups excluding carboxylic acids is 2. The molecule has 2 saturated carbocycles. The number of hydrogen-bond donors (Lipinski definition) is 3. The van der Waals surface area contributed by atoms with Gasteiger partial charge in [0, 0.05) is 73.7 Å². The second kappa shape index (κ2) is 14.2. The fraction of sp³-hybridized carbons (Fsp3) is 0.419. The van der Waals surface area contributed by atoms with Gasteiger partial charge in [0.1, 0.15) is 28.2 Å². The van der Waals surface area contributed by atoms with E-state index in [1.54, 1.807) is 29.5 Å². The van der Waals surface area contributed by atoms with Gasteiger partial charge in [0.05, 0.1) is 29.4 Å². The molecular weight excluding hydrogens is 765 g/mol. The smallest absolute Gasteiger partial charge is 0.423 e. The molecule has 4 aliphatic rings. The number of piperidine rings is 2. The summed E-state index contributed by atoms with van der Waals surface area (Å²) in [7, 11) is -1.55. The monoisotopic (exact) mass is 795 g/mol. The second-order valence-electron chi connectivity index (χ2n) is 12.5. The summed E-state index contributed by atoms with van der Waals surface area (Å²) in [6.07, 6.45) is 3.41. The molecule has 4 fully saturated rings. The van der Waals surface area contributed by atoms with Crippen molar-refractivity contribution < 1.29 is 37.2 Å².